The molecule has 1 aromatic heterocycles. The fourth-order valence-electron chi connectivity index (χ4n) is 1.90. The SMILES string of the molecule is CCNc1nc(CC)nc(Nc2ccc(F)cc2F)c1C. The first-order valence-corrected chi connectivity index (χ1v) is 6.88. The number of halogens is 2. The lowest BCUT2D eigenvalue weighted by atomic mass is 10.2. The van der Waals surface area contributed by atoms with Gasteiger partial charge < -0.3 is 10.6 Å². The maximum absolute atomic E-state index is 13.7. The van der Waals surface area contributed by atoms with Crippen LogP contribution < -0.4 is 10.6 Å². The highest BCUT2D eigenvalue weighted by Crippen LogP contribution is 2.25. The van der Waals surface area contributed by atoms with Crippen LogP contribution in [0.2, 0.25) is 0 Å². The summed E-state index contributed by atoms with van der Waals surface area (Å²) in [6, 6.07) is 3.39. The van der Waals surface area contributed by atoms with Gasteiger partial charge >= 0.3 is 0 Å². The Hall–Kier alpha value is -2.24. The molecule has 0 atom stereocenters. The van der Waals surface area contributed by atoms with Crippen molar-refractivity contribution in [2.75, 3.05) is 17.2 Å². The van der Waals surface area contributed by atoms with E-state index in [9.17, 15) is 8.78 Å². The van der Waals surface area contributed by atoms with Crippen molar-refractivity contribution >= 4 is 17.3 Å². The monoisotopic (exact) mass is 292 g/mol. The van der Waals surface area contributed by atoms with Crippen LogP contribution in [-0.2, 0) is 6.42 Å². The second kappa shape index (κ2) is 6.47. The van der Waals surface area contributed by atoms with Gasteiger partial charge in [0.2, 0.25) is 0 Å². The first-order valence-electron chi connectivity index (χ1n) is 6.88. The van der Waals surface area contributed by atoms with E-state index >= 15 is 0 Å². The van der Waals surface area contributed by atoms with Crippen LogP contribution >= 0.6 is 0 Å². The van der Waals surface area contributed by atoms with Crippen LogP contribution in [0.15, 0.2) is 18.2 Å². The van der Waals surface area contributed by atoms with Gasteiger partial charge in [-0.1, -0.05) is 6.92 Å². The van der Waals surface area contributed by atoms with Gasteiger partial charge in [-0.3, -0.25) is 0 Å². The molecule has 0 fully saturated rings. The smallest absolute Gasteiger partial charge is 0.149 e. The summed E-state index contributed by atoms with van der Waals surface area (Å²) in [5.74, 6) is 0.621. The number of hydrogen-bond acceptors (Lipinski definition) is 4. The van der Waals surface area contributed by atoms with E-state index in [0.717, 1.165) is 24.0 Å². The number of hydrogen-bond donors (Lipinski definition) is 2. The Morgan fingerprint density at radius 3 is 2.43 bits per heavy atom. The lowest BCUT2D eigenvalue weighted by Crippen LogP contribution is -2.09. The fraction of sp³-hybridized carbons (Fsp3) is 0.333. The van der Waals surface area contributed by atoms with Gasteiger partial charge in [-0.25, -0.2) is 18.7 Å². The average molecular weight is 292 g/mol. The number of rotatable bonds is 5. The zero-order valence-electron chi connectivity index (χ0n) is 12.3. The zero-order chi connectivity index (χ0) is 15.4. The Bertz CT molecular complexity index is 644. The third-order valence-electron chi connectivity index (χ3n) is 3.04. The average Bonchev–Trinajstić information content (AvgIpc) is 2.46. The van der Waals surface area contributed by atoms with Crippen LogP contribution in [-0.4, -0.2) is 16.5 Å². The summed E-state index contributed by atoms with van der Waals surface area (Å²) in [5.41, 5.74) is 0.973. The summed E-state index contributed by atoms with van der Waals surface area (Å²) in [4.78, 5) is 8.77. The minimum absolute atomic E-state index is 0.183. The van der Waals surface area contributed by atoms with Gasteiger partial charge in [0, 0.05) is 24.6 Å². The Morgan fingerprint density at radius 1 is 1.10 bits per heavy atom. The summed E-state index contributed by atoms with van der Waals surface area (Å²) < 4.78 is 26.7. The molecule has 21 heavy (non-hydrogen) atoms. The van der Waals surface area contributed by atoms with Crippen LogP contribution in [0, 0.1) is 18.6 Å². The molecule has 0 aliphatic rings. The van der Waals surface area contributed by atoms with Gasteiger partial charge in [0.1, 0.15) is 29.1 Å². The van der Waals surface area contributed by atoms with Crippen molar-refractivity contribution in [3.63, 3.8) is 0 Å². The Balaban J connectivity index is 2.40. The minimum atomic E-state index is -0.656. The summed E-state index contributed by atoms with van der Waals surface area (Å²) in [7, 11) is 0. The Morgan fingerprint density at radius 2 is 1.81 bits per heavy atom. The summed E-state index contributed by atoms with van der Waals surface area (Å²) in [6.07, 6.45) is 0.666. The molecule has 2 aromatic rings. The highest BCUT2D eigenvalue weighted by molar-refractivity contribution is 5.65. The van der Waals surface area contributed by atoms with Gasteiger partial charge in [0.15, 0.2) is 0 Å². The lowest BCUT2D eigenvalue weighted by molar-refractivity contribution is 0.586. The first kappa shape index (κ1) is 15.2. The molecule has 0 unspecified atom stereocenters. The molecule has 0 saturated carbocycles. The molecule has 0 bridgehead atoms. The molecule has 6 heteroatoms. The van der Waals surface area contributed by atoms with Crippen molar-refractivity contribution in [1.29, 1.82) is 0 Å². The van der Waals surface area contributed by atoms with Crippen LogP contribution in [0.3, 0.4) is 0 Å². The maximum atomic E-state index is 13.7. The van der Waals surface area contributed by atoms with Gasteiger partial charge in [-0.15, -0.1) is 0 Å². The molecule has 0 saturated heterocycles. The van der Waals surface area contributed by atoms with Crippen molar-refractivity contribution in [2.45, 2.75) is 27.2 Å². The van der Waals surface area contributed by atoms with Crippen molar-refractivity contribution in [2.24, 2.45) is 0 Å². The predicted octanol–water partition coefficient (Wildman–Crippen LogP) is 3.80. The first-order chi connectivity index (χ1) is 10.0. The summed E-state index contributed by atoms with van der Waals surface area (Å²) in [5, 5.41) is 6.06. The van der Waals surface area contributed by atoms with Crippen LogP contribution in [0.4, 0.5) is 26.1 Å². The largest absolute Gasteiger partial charge is 0.370 e. The van der Waals surface area contributed by atoms with E-state index in [-0.39, 0.29) is 5.69 Å². The van der Waals surface area contributed by atoms with E-state index in [0.29, 0.717) is 18.1 Å². The number of aryl methyl sites for hydroxylation is 1. The van der Waals surface area contributed by atoms with Crippen molar-refractivity contribution in [1.82, 2.24) is 9.97 Å². The third-order valence-corrected chi connectivity index (χ3v) is 3.04. The van der Waals surface area contributed by atoms with E-state index < -0.39 is 11.6 Å². The molecule has 1 heterocycles. The van der Waals surface area contributed by atoms with Crippen molar-refractivity contribution in [3.05, 3.63) is 41.2 Å². The van der Waals surface area contributed by atoms with Crippen LogP contribution in [0.25, 0.3) is 0 Å². The Labute approximate surface area is 122 Å². The van der Waals surface area contributed by atoms with Gasteiger partial charge in [-0.2, -0.15) is 0 Å². The van der Waals surface area contributed by atoms with Crippen molar-refractivity contribution in [3.8, 4) is 0 Å². The number of nitrogens with zero attached hydrogens (tertiary/aromatic N) is 2. The molecule has 0 aliphatic heterocycles. The molecular weight excluding hydrogens is 274 g/mol. The molecular formula is C15H18F2N4. The fourth-order valence-corrected chi connectivity index (χ4v) is 1.90. The standard InChI is InChI=1S/C15H18F2N4/c1-4-13-20-14(18-5-2)9(3)15(21-13)19-12-7-6-10(16)8-11(12)17/h6-8H,4-5H2,1-3H3,(H2,18,19,20,21). The normalized spacial score (nSPS) is 10.5. The molecule has 2 rings (SSSR count). The van der Waals surface area contributed by atoms with E-state index in [1.165, 1.54) is 12.1 Å². The highest BCUT2D eigenvalue weighted by atomic mass is 19.1. The summed E-state index contributed by atoms with van der Waals surface area (Å²) >= 11 is 0. The molecule has 2 N–H and O–H groups in total. The van der Waals surface area contributed by atoms with Crippen LogP contribution in [0.5, 0.6) is 0 Å². The molecule has 0 aliphatic carbocycles. The number of nitrogens with one attached hydrogen (secondary N) is 2. The Kier molecular flexibility index (Phi) is 4.67. The van der Waals surface area contributed by atoms with Crippen LogP contribution in [0.1, 0.15) is 25.2 Å². The van der Waals surface area contributed by atoms with Gasteiger partial charge in [-0.05, 0) is 26.0 Å². The maximum Gasteiger partial charge on any atom is 0.149 e. The molecule has 112 valence electrons. The van der Waals surface area contributed by atoms with E-state index in [1.807, 2.05) is 20.8 Å². The summed E-state index contributed by atoms with van der Waals surface area (Å²) in [6.45, 7) is 6.50. The molecule has 1 aromatic carbocycles. The number of benzene rings is 1. The van der Waals surface area contributed by atoms with E-state index in [4.69, 9.17) is 0 Å². The topological polar surface area (TPSA) is 49.8 Å². The molecule has 0 amide bonds. The second-order valence-corrected chi connectivity index (χ2v) is 4.60. The number of aromatic nitrogens is 2. The molecule has 0 radical (unpaired) electrons. The quantitative estimate of drug-likeness (QED) is 0.880. The van der Waals surface area contributed by atoms with E-state index in [2.05, 4.69) is 20.6 Å². The van der Waals surface area contributed by atoms with E-state index in [1.54, 1.807) is 0 Å². The molecule has 4 nitrogen and oxygen atoms in total. The third kappa shape index (κ3) is 3.45. The second-order valence-electron chi connectivity index (χ2n) is 4.60. The predicted molar refractivity (Wildman–Crippen MR) is 80.0 cm³/mol. The minimum Gasteiger partial charge on any atom is -0.370 e. The lowest BCUT2D eigenvalue weighted by Gasteiger charge is -2.14. The number of anilines is 3. The van der Waals surface area contributed by atoms with Crippen molar-refractivity contribution < 1.29 is 8.78 Å². The zero-order valence-corrected chi connectivity index (χ0v) is 12.3. The highest BCUT2D eigenvalue weighted by Gasteiger charge is 2.12. The van der Waals surface area contributed by atoms with Gasteiger partial charge in [0.05, 0.1) is 5.69 Å². The molecule has 0 spiro atoms. The van der Waals surface area contributed by atoms with Gasteiger partial charge in [0.25, 0.3) is 0 Å².